The van der Waals surface area contributed by atoms with Crippen molar-refractivity contribution >= 4 is 16.7 Å². The number of ether oxygens (including phenoxy) is 1. The minimum absolute atomic E-state index is 0.229. The monoisotopic (exact) mass is 243 g/mol. The molecule has 2 N–H and O–H groups in total. The summed E-state index contributed by atoms with van der Waals surface area (Å²) in [5, 5.41) is 7.81. The minimum atomic E-state index is 0.229. The summed E-state index contributed by atoms with van der Waals surface area (Å²) in [7, 11) is 0. The van der Waals surface area contributed by atoms with E-state index in [0.717, 1.165) is 37.6 Å². The second-order valence-electron chi connectivity index (χ2n) is 4.47. The predicted molar refractivity (Wildman–Crippen MR) is 72.8 cm³/mol. The van der Waals surface area contributed by atoms with Crippen LogP contribution in [0.4, 0.5) is 5.82 Å². The molecular formula is C14H17N3O. The molecule has 1 atom stereocenters. The van der Waals surface area contributed by atoms with Gasteiger partial charge in [0.1, 0.15) is 5.82 Å². The Labute approximate surface area is 106 Å². The molecule has 18 heavy (non-hydrogen) atoms. The number of aromatic nitrogens is 1. The lowest BCUT2D eigenvalue weighted by atomic mass is 10.2. The number of pyridine rings is 1. The van der Waals surface area contributed by atoms with Crippen LogP contribution in [0.1, 0.15) is 0 Å². The maximum atomic E-state index is 5.63. The lowest BCUT2D eigenvalue weighted by molar-refractivity contribution is 0.0372. The first kappa shape index (κ1) is 11.4. The lowest BCUT2D eigenvalue weighted by Crippen LogP contribution is -2.42. The molecule has 0 amide bonds. The number of rotatable bonds is 3. The van der Waals surface area contributed by atoms with E-state index >= 15 is 0 Å². The van der Waals surface area contributed by atoms with Crippen LogP contribution in [0.25, 0.3) is 10.9 Å². The highest BCUT2D eigenvalue weighted by molar-refractivity contribution is 5.79. The van der Waals surface area contributed by atoms with Crippen molar-refractivity contribution in [2.45, 2.75) is 6.10 Å². The maximum Gasteiger partial charge on any atom is 0.126 e. The van der Waals surface area contributed by atoms with E-state index in [4.69, 9.17) is 4.74 Å². The van der Waals surface area contributed by atoms with Gasteiger partial charge < -0.3 is 15.4 Å². The summed E-state index contributed by atoms with van der Waals surface area (Å²) in [4.78, 5) is 4.57. The number of hydrogen-bond acceptors (Lipinski definition) is 4. The SMILES string of the molecule is c1ccc2nc(NCC3CNCCO3)ccc2c1. The first-order valence-corrected chi connectivity index (χ1v) is 6.34. The second-order valence-corrected chi connectivity index (χ2v) is 4.47. The number of benzene rings is 1. The molecule has 1 aromatic heterocycles. The Morgan fingerprint density at radius 2 is 2.22 bits per heavy atom. The average molecular weight is 243 g/mol. The van der Waals surface area contributed by atoms with Gasteiger partial charge in [0, 0.05) is 25.0 Å². The van der Waals surface area contributed by atoms with Gasteiger partial charge in [-0.25, -0.2) is 4.98 Å². The van der Waals surface area contributed by atoms with Crippen molar-refractivity contribution in [1.29, 1.82) is 0 Å². The van der Waals surface area contributed by atoms with Crippen LogP contribution in [0.5, 0.6) is 0 Å². The quantitative estimate of drug-likeness (QED) is 0.860. The van der Waals surface area contributed by atoms with Crippen LogP contribution in [-0.2, 0) is 4.74 Å². The maximum absolute atomic E-state index is 5.63. The van der Waals surface area contributed by atoms with E-state index in [0.29, 0.717) is 0 Å². The van der Waals surface area contributed by atoms with Gasteiger partial charge in [0.25, 0.3) is 0 Å². The molecule has 0 bridgehead atoms. The van der Waals surface area contributed by atoms with Crippen LogP contribution in [0.15, 0.2) is 36.4 Å². The van der Waals surface area contributed by atoms with Crippen molar-refractivity contribution < 1.29 is 4.74 Å². The van der Waals surface area contributed by atoms with Crippen molar-refractivity contribution in [1.82, 2.24) is 10.3 Å². The summed E-state index contributed by atoms with van der Waals surface area (Å²) in [5.74, 6) is 0.905. The van der Waals surface area contributed by atoms with Crippen molar-refractivity contribution in [2.75, 3.05) is 31.6 Å². The van der Waals surface area contributed by atoms with Gasteiger partial charge in [-0.1, -0.05) is 18.2 Å². The third-order valence-corrected chi connectivity index (χ3v) is 3.11. The molecule has 3 rings (SSSR count). The highest BCUT2D eigenvalue weighted by Gasteiger charge is 2.12. The Kier molecular flexibility index (Phi) is 3.39. The third-order valence-electron chi connectivity index (χ3n) is 3.11. The van der Waals surface area contributed by atoms with Crippen molar-refractivity contribution in [3.05, 3.63) is 36.4 Å². The number of anilines is 1. The van der Waals surface area contributed by atoms with Gasteiger partial charge in [0.05, 0.1) is 18.2 Å². The summed E-state index contributed by atoms with van der Waals surface area (Å²) in [6.45, 7) is 3.43. The fourth-order valence-electron chi connectivity index (χ4n) is 2.13. The molecule has 1 saturated heterocycles. The molecule has 1 aromatic carbocycles. The summed E-state index contributed by atoms with van der Waals surface area (Å²) in [5.41, 5.74) is 1.02. The van der Waals surface area contributed by atoms with Crippen LogP contribution in [0, 0.1) is 0 Å². The Hall–Kier alpha value is -1.65. The number of morpholine rings is 1. The number of nitrogens with one attached hydrogen (secondary N) is 2. The minimum Gasteiger partial charge on any atom is -0.374 e. The topological polar surface area (TPSA) is 46.2 Å². The summed E-state index contributed by atoms with van der Waals surface area (Å²) < 4.78 is 5.63. The third kappa shape index (κ3) is 2.60. The number of fused-ring (bicyclic) bond motifs is 1. The second kappa shape index (κ2) is 5.33. The van der Waals surface area contributed by atoms with E-state index in [1.807, 2.05) is 24.3 Å². The van der Waals surface area contributed by atoms with E-state index in [2.05, 4.69) is 27.8 Å². The zero-order chi connectivity index (χ0) is 12.2. The standard InChI is InChI=1S/C14H17N3O/c1-2-4-13-11(3-1)5-6-14(17-13)16-10-12-9-15-7-8-18-12/h1-6,12,15H,7-10H2,(H,16,17). The summed E-state index contributed by atoms with van der Waals surface area (Å²) >= 11 is 0. The average Bonchev–Trinajstić information content (AvgIpc) is 2.46. The van der Waals surface area contributed by atoms with Crippen molar-refractivity contribution in [3.63, 3.8) is 0 Å². The molecular weight excluding hydrogens is 226 g/mol. The van der Waals surface area contributed by atoms with Crippen molar-refractivity contribution in [2.24, 2.45) is 0 Å². The molecule has 4 heteroatoms. The first-order chi connectivity index (χ1) is 8.92. The number of para-hydroxylation sites is 1. The number of nitrogens with zero attached hydrogens (tertiary/aromatic N) is 1. The zero-order valence-electron chi connectivity index (χ0n) is 10.2. The van der Waals surface area contributed by atoms with E-state index in [1.54, 1.807) is 0 Å². The Morgan fingerprint density at radius 1 is 1.28 bits per heavy atom. The van der Waals surface area contributed by atoms with E-state index in [-0.39, 0.29) is 6.10 Å². The molecule has 4 nitrogen and oxygen atoms in total. The van der Waals surface area contributed by atoms with Gasteiger partial charge >= 0.3 is 0 Å². The van der Waals surface area contributed by atoms with Crippen LogP contribution in [0.3, 0.4) is 0 Å². The molecule has 1 fully saturated rings. The van der Waals surface area contributed by atoms with E-state index in [1.165, 1.54) is 5.39 Å². The molecule has 94 valence electrons. The number of hydrogen-bond donors (Lipinski definition) is 2. The molecule has 0 spiro atoms. The van der Waals surface area contributed by atoms with Crippen LogP contribution < -0.4 is 10.6 Å². The normalized spacial score (nSPS) is 19.9. The largest absolute Gasteiger partial charge is 0.374 e. The molecule has 1 unspecified atom stereocenters. The van der Waals surface area contributed by atoms with Gasteiger partial charge in [0.15, 0.2) is 0 Å². The predicted octanol–water partition coefficient (Wildman–Crippen LogP) is 1.64. The molecule has 0 aliphatic carbocycles. The Morgan fingerprint density at radius 3 is 3.11 bits per heavy atom. The van der Waals surface area contributed by atoms with Crippen LogP contribution in [-0.4, -0.2) is 37.3 Å². The smallest absolute Gasteiger partial charge is 0.126 e. The van der Waals surface area contributed by atoms with E-state index in [9.17, 15) is 0 Å². The van der Waals surface area contributed by atoms with Gasteiger partial charge in [-0.15, -0.1) is 0 Å². The summed E-state index contributed by atoms with van der Waals surface area (Å²) in [6, 6.07) is 12.2. The highest BCUT2D eigenvalue weighted by Crippen LogP contribution is 2.14. The fourth-order valence-corrected chi connectivity index (χ4v) is 2.13. The Bertz CT molecular complexity index is 523. The summed E-state index contributed by atoms with van der Waals surface area (Å²) in [6.07, 6.45) is 0.229. The van der Waals surface area contributed by atoms with Crippen LogP contribution in [0.2, 0.25) is 0 Å². The molecule has 0 radical (unpaired) electrons. The molecule has 0 saturated carbocycles. The fraction of sp³-hybridized carbons (Fsp3) is 0.357. The highest BCUT2D eigenvalue weighted by atomic mass is 16.5. The van der Waals surface area contributed by atoms with E-state index < -0.39 is 0 Å². The van der Waals surface area contributed by atoms with Gasteiger partial charge in [-0.2, -0.15) is 0 Å². The lowest BCUT2D eigenvalue weighted by Gasteiger charge is -2.23. The molecule has 2 aromatic rings. The molecule has 1 aliphatic rings. The van der Waals surface area contributed by atoms with Crippen LogP contribution >= 0.6 is 0 Å². The Balaban J connectivity index is 1.66. The van der Waals surface area contributed by atoms with Gasteiger partial charge in [-0.05, 0) is 18.2 Å². The molecule has 1 aliphatic heterocycles. The van der Waals surface area contributed by atoms with Gasteiger partial charge in [0.2, 0.25) is 0 Å². The zero-order valence-corrected chi connectivity index (χ0v) is 10.2. The van der Waals surface area contributed by atoms with Gasteiger partial charge in [-0.3, -0.25) is 0 Å². The molecule has 2 heterocycles. The van der Waals surface area contributed by atoms with Crippen molar-refractivity contribution in [3.8, 4) is 0 Å². The first-order valence-electron chi connectivity index (χ1n) is 6.34.